The molecule has 1 heterocycles. The van der Waals surface area contributed by atoms with E-state index in [0.717, 1.165) is 12.3 Å². The van der Waals surface area contributed by atoms with E-state index in [1.807, 2.05) is 37.2 Å². The van der Waals surface area contributed by atoms with Crippen LogP contribution in [0.4, 0.5) is 0 Å². The van der Waals surface area contributed by atoms with Gasteiger partial charge in [-0.15, -0.1) is 0 Å². The van der Waals surface area contributed by atoms with E-state index < -0.39 is 0 Å². The molecule has 2 amide bonds. The second-order valence-corrected chi connectivity index (χ2v) is 9.79. The molecule has 2 rings (SSSR count). The van der Waals surface area contributed by atoms with Crippen molar-refractivity contribution in [2.24, 2.45) is 11.3 Å². The average Bonchev–Trinajstić information content (AvgIpc) is 2.69. The maximum atomic E-state index is 12.6. The molecule has 6 nitrogen and oxygen atoms in total. The van der Waals surface area contributed by atoms with Gasteiger partial charge in [-0.2, -0.15) is 0 Å². The fraction of sp³-hybridized carbons (Fsp3) is 0.667. The first kappa shape index (κ1) is 24.2. The lowest BCUT2D eigenvalue weighted by Crippen LogP contribution is -2.46. The molecule has 0 unspecified atom stereocenters. The Balaban J connectivity index is 1.75. The Morgan fingerprint density at radius 1 is 1.23 bits per heavy atom. The summed E-state index contributed by atoms with van der Waals surface area (Å²) in [6.07, 6.45) is 1.41. The van der Waals surface area contributed by atoms with Crippen LogP contribution in [-0.2, 0) is 9.59 Å². The maximum absolute atomic E-state index is 12.6. The molecule has 0 aromatic heterocycles. The molecule has 0 radical (unpaired) electrons. The van der Waals surface area contributed by atoms with Gasteiger partial charge in [-0.3, -0.25) is 9.59 Å². The summed E-state index contributed by atoms with van der Waals surface area (Å²) in [6.45, 7) is 11.4. The van der Waals surface area contributed by atoms with Gasteiger partial charge in [0.15, 0.2) is 6.61 Å². The number of hydrogen-bond acceptors (Lipinski definition) is 4. The molecule has 1 saturated heterocycles. The summed E-state index contributed by atoms with van der Waals surface area (Å²) in [5.74, 6) is 1.21. The van der Waals surface area contributed by atoms with Crippen LogP contribution >= 0.6 is 0 Å². The van der Waals surface area contributed by atoms with E-state index in [0.29, 0.717) is 38.4 Å². The third-order valence-electron chi connectivity index (χ3n) is 5.59. The molecule has 30 heavy (non-hydrogen) atoms. The number of benzene rings is 1. The molecule has 1 aliphatic rings. The van der Waals surface area contributed by atoms with Crippen LogP contribution in [0.1, 0.15) is 52.0 Å². The molecule has 0 bridgehead atoms. The zero-order chi connectivity index (χ0) is 22.3. The van der Waals surface area contributed by atoms with Gasteiger partial charge < -0.3 is 19.9 Å². The highest BCUT2D eigenvalue weighted by Gasteiger charge is 2.28. The number of likely N-dealkylation sites (tertiary alicyclic amines) is 1. The number of piperidine rings is 1. The van der Waals surface area contributed by atoms with Crippen LogP contribution in [0.15, 0.2) is 24.3 Å². The normalized spacial score (nSPS) is 15.5. The summed E-state index contributed by atoms with van der Waals surface area (Å²) in [6, 6.07) is 7.90. The standard InChI is InChI=1S/C24H39N3O3/c1-18(2)20-8-7-9-21(14-20)30-15-22(28)27-12-10-19(11-13-27)23(29)25-16-24(3,4)17-26(5)6/h7-9,14,18-19H,10-13,15-17H2,1-6H3,(H,25,29). The van der Waals surface area contributed by atoms with Gasteiger partial charge in [0.2, 0.25) is 5.91 Å². The monoisotopic (exact) mass is 417 g/mol. The Hall–Kier alpha value is -2.08. The van der Waals surface area contributed by atoms with E-state index in [9.17, 15) is 9.59 Å². The molecule has 0 saturated carbocycles. The smallest absolute Gasteiger partial charge is 0.260 e. The Kier molecular flexibility index (Phi) is 8.71. The highest BCUT2D eigenvalue weighted by molar-refractivity contribution is 5.80. The van der Waals surface area contributed by atoms with Crippen LogP contribution in [0.3, 0.4) is 0 Å². The number of carbonyl (C=O) groups excluding carboxylic acids is 2. The minimum absolute atomic E-state index is 0.0177. The summed E-state index contributed by atoms with van der Waals surface area (Å²) in [5.41, 5.74) is 1.22. The van der Waals surface area contributed by atoms with Crippen LogP contribution in [0.25, 0.3) is 0 Å². The Morgan fingerprint density at radius 3 is 2.50 bits per heavy atom. The lowest BCUT2D eigenvalue weighted by Gasteiger charge is -2.33. The minimum atomic E-state index is -0.0205. The molecular formula is C24H39N3O3. The molecule has 168 valence electrons. The third kappa shape index (κ3) is 7.63. The van der Waals surface area contributed by atoms with Gasteiger partial charge in [0.1, 0.15) is 5.75 Å². The van der Waals surface area contributed by atoms with Crippen LogP contribution < -0.4 is 10.1 Å². The lowest BCUT2D eigenvalue weighted by atomic mass is 9.91. The Labute approximate surface area is 182 Å². The van der Waals surface area contributed by atoms with Gasteiger partial charge in [-0.1, -0.05) is 39.8 Å². The van der Waals surface area contributed by atoms with Gasteiger partial charge >= 0.3 is 0 Å². The molecule has 1 aromatic rings. The fourth-order valence-electron chi connectivity index (χ4n) is 3.97. The van der Waals surface area contributed by atoms with Gasteiger partial charge in [-0.05, 0) is 56.0 Å². The number of ether oxygens (including phenoxy) is 1. The number of nitrogens with zero attached hydrogens (tertiary/aromatic N) is 2. The highest BCUT2D eigenvalue weighted by atomic mass is 16.5. The van der Waals surface area contributed by atoms with Crippen LogP contribution in [-0.4, -0.2) is 68.5 Å². The molecule has 1 fully saturated rings. The molecule has 1 aliphatic heterocycles. The summed E-state index contributed by atoms with van der Waals surface area (Å²) in [5, 5.41) is 3.11. The van der Waals surface area contributed by atoms with E-state index in [-0.39, 0.29) is 29.8 Å². The van der Waals surface area contributed by atoms with E-state index in [2.05, 4.69) is 44.0 Å². The first-order valence-electron chi connectivity index (χ1n) is 11.0. The Morgan fingerprint density at radius 2 is 1.90 bits per heavy atom. The zero-order valence-corrected chi connectivity index (χ0v) is 19.5. The molecule has 1 aromatic carbocycles. The molecule has 0 aliphatic carbocycles. The van der Waals surface area contributed by atoms with Crippen molar-refractivity contribution >= 4 is 11.8 Å². The predicted molar refractivity (Wildman–Crippen MR) is 121 cm³/mol. The summed E-state index contributed by atoms with van der Waals surface area (Å²) >= 11 is 0. The van der Waals surface area contributed by atoms with Crippen molar-refractivity contribution in [1.29, 1.82) is 0 Å². The second kappa shape index (κ2) is 10.8. The molecule has 6 heteroatoms. The summed E-state index contributed by atoms with van der Waals surface area (Å²) < 4.78 is 5.72. The molecule has 0 spiro atoms. The van der Waals surface area contributed by atoms with Crippen LogP contribution in [0.2, 0.25) is 0 Å². The molecular weight excluding hydrogens is 378 g/mol. The van der Waals surface area contributed by atoms with Crippen molar-refractivity contribution in [1.82, 2.24) is 15.1 Å². The first-order chi connectivity index (χ1) is 14.1. The van der Waals surface area contributed by atoms with E-state index >= 15 is 0 Å². The lowest BCUT2D eigenvalue weighted by molar-refractivity contribution is -0.137. The van der Waals surface area contributed by atoms with Gasteiger partial charge in [0, 0.05) is 32.1 Å². The van der Waals surface area contributed by atoms with Crippen LogP contribution in [0.5, 0.6) is 5.75 Å². The van der Waals surface area contributed by atoms with Gasteiger partial charge in [0.25, 0.3) is 5.91 Å². The first-order valence-corrected chi connectivity index (χ1v) is 11.0. The summed E-state index contributed by atoms with van der Waals surface area (Å²) in [4.78, 5) is 29.0. The van der Waals surface area contributed by atoms with Gasteiger partial charge in [-0.25, -0.2) is 0 Å². The van der Waals surface area contributed by atoms with Crippen molar-refractivity contribution in [2.45, 2.75) is 46.5 Å². The van der Waals surface area contributed by atoms with Crippen molar-refractivity contribution < 1.29 is 14.3 Å². The van der Waals surface area contributed by atoms with E-state index in [1.165, 1.54) is 5.56 Å². The number of carbonyl (C=O) groups is 2. The average molecular weight is 418 g/mol. The van der Waals surface area contributed by atoms with Crippen molar-refractivity contribution in [3.8, 4) is 5.75 Å². The van der Waals surface area contributed by atoms with Crippen molar-refractivity contribution in [2.75, 3.05) is 46.9 Å². The van der Waals surface area contributed by atoms with Crippen molar-refractivity contribution in [3.05, 3.63) is 29.8 Å². The second-order valence-electron chi connectivity index (χ2n) is 9.79. The van der Waals surface area contributed by atoms with Crippen LogP contribution in [0, 0.1) is 11.3 Å². The number of hydrogen-bond donors (Lipinski definition) is 1. The molecule has 0 atom stereocenters. The zero-order valence-electron chi connectivity index (χ0n) is 19.5. The van der Waals surface area contributed by atoms with E-state index in [4.69, 9.17) is 4.74 Å². The minimum Gasteiger partial charge on any atom is -0.484 e. The quantitative estimate of drug-likeness (QED) is 0.671. The van der Waals surface area contributed by atoms with E-state index in [1.54, 1.807) is 0 Å². The third-order valence-corrected chi connectivity index (χ3v) is 5.59. The SMILES string of the molecule is CC(C)c1cccc(OCC(=O)N2CCC(C(=O)NCC(C)(C)CN(C)C)CC2)c1. The Bertz CT molecular complexity index is 707. The van der Waals surface area contributed by atoms with Crippen molar-refractivity contribution in [3.63, 3.8) is 0 Å². The highest BCUT2D eigenvalue weighted by Crippen LogP contribution is 2.22. The maximum Gasteiger partial charge on any atom is 0.260 e. The predicted octanol–water partition coefficient (Wildman–Crippen LogP) is 3.13. The molecule has 1 N–H and O–H groups in total. The topological polar surface area (TPSA) is 61.9 Å². The number of rotatable bonds is 9. The largest absolute Gasteiger partial charge is 0.484 e. The number of nitrogens with one attached hydrogen (secondary N) is 1. The summed E-state index contributed by atoms with van der Waals surface area (Å²) in [7, 11) is 4.09. The number of amides is 2. The van der Waals surface area contributed by atoms with Gasteiger partial charge in [0.05, 0.1) is 0 Å². The fourth-order valence-corrected chi connectivity index (χ4v) is 3.97.